The van der Waals surface area contributed by atoms with Gasteiger partial charge in [-0.1, -0.05) is 30.5 Å². The van der Waals surface area contributed by atoms with Gasteiger partial charge in [-0.05, 0) is 55.3 Å². The van der Waals surface area contributed by atoms with E-state index in [9.17, 15) is 22.8 Å². The van der Waals surface area contributed by atoms with Gasteiger partial charge in [0.25, 0.3) is 5.91 Å². The van der Waals surface area contributed by atoms with Crippen LogP contribution >= 0.6 is 11.6 Å². The number of benzene rings is 2. The van der Waals surface area contributed by atoms with Crippen molar-refractivity contribution < 1.29 is 27.5 Å². The highest BCUT2D eigenvalue weighted by Crippen LogP contribution is 2.22. The lowest BCUT2D eigenvalue weighted by atomic mass is 10.1. The number of anilines is 1. The van der Waals surface area contributed by atoms with E-state index < -0.39 is 28.5 Å². The van der Waals surface area contributed by atoms with E-state index >= 15 is 0 Å². The number of hydrogen-bond donors (Lipinski definition) is 1. The van der Waals surface area contributed by atoms with Crippen molar-refractivity contribution in [1.29, 1.82) is 0 Å². The summed E-state index contributed by atoms with van der Waals surface area (Å²) in [7, 11) is -3.65. The molecule has 3 rings (SSSR count). The number of ketones is 1. The summed E-state index contributed by atoms with van der Waals surface area (Å²) < 4.78 is 32.3. The van der Waals surface area contributed by atoms with Crippen LogP contribution < -0.4 is 5.32 Å². The fourth-order valence-corrected chi connectivity index (χ4v) is 5.27. The van der Waals surface area contributed by atoms with E-state index in [2.05, 4.69) is 5.32 Å². The summed E-state index contributed by atoms with van der Waals surface area (Å²) in [5, 5.41) is 3.05. The molecule has 182 valence electrons. The number of carbonyl (C=O) groups excluding carboxylic acids is 3. The fourth-order valence-electron chi connectivity index (χ4n) is 3.58. The van der Waals surface area contributed by atoms with Crippen LogP contribution in [0.2, 0.25) is 5.02 Å². The minimum atomic E-state index is -3.65. The number of rotatable bonds is 9. The number of amides is 1. The molecule has 1 N–H and O–H groups in total. The van der Waals surface area contributed by atoms with Crippen molar-refractivity contribution in [2.24, 2.45) is 0 Å². The van der Waals surface area contributed by atoms with E-state index in [0.717, 1.165) is 25.7 Å². The number of hydrogen-bond acceptors (Lipinski definition) is 6. The Kier molecular flexibility index (Phi) is 9.20. The summed E-state index contributed by atoms with van der Waals surface area (Å²) in [4.78, 5) is 36.3. The molecule has 0 unspecified atom stereocenters. The third-order valence-electron chi connectivity index (χ3n) is 5.41. The Morgan fingerprint density at radius 3 is 2.29 bits per heavy atom. The molecule has 1 fully saturated rings. The standard InChI is InChI=1S/C24H27ClN2O6S/c25-19-10-8-18(9-11-19)22(28)12-13-24(30)33-17-23(29)26-20-6-5-7-21(16-20)34(31,32)27-14-3-1-2-4-15-27/h5-11,16H,1-4,12-15,17H2,(H,26,29). The molecule has 0 aromatic heterocycles. The highest BCUT2D eigenvalue weighted by molar-refractivity contribution is 7.89. The molecule has 0 bridgehead atoms. The van der Waals surface area contributed by atoms with Gasteiger partial charge in [0.1, 0.15) is 0 Å². The summed E-state index contributed by atoms with van der Waals surface area (Å²) in [5.74, 6) is -1.53. The lowest BCUT2D eigenvalue weighted by Crippen LogP contribution is -2.32. The number of esters is 1. The molecule has 2 aromatic rings. The van der Waals surface area contributed by atoms with E-state index in [1.165, 1.54) is 16.4 Å². The van der Waals surface area contributed by atoms with Gasteiger partial charge in [0.2, 0.25) is 10.0 Å². The number of sulfonamides is 1. The number of Topliss-reactive ketones (excluding diaryl/α,β-unsaturated/α-hetero) is 1. The maximum atomic E-state index is 12.9. The Balaban J connectivity index is 1.48. The largest absolute Gasteiger partial charge is 0.456 e. The van der Waals surface area contributed by atoms with Gasteiger partial charge in [-0.15, -0.1) is 0 Å². The summed E-state index contributed by atoms with van der Waals surface area (Å²) in [6, 6.07) is 12.3. The molecule has 0 aliphatic carbocycles. The third kappa shape index (κ3) is 7.38. The first-order valence-corrected chi connectivity index (χ1v) is 12.9. The molecule has 8 nitrogen and oxygen atoms in total. The Morgan fingerprint density at radius 1 is 0.941 bits per heavy atom. The number of nitrogens with one attached hydrogen (secondary N) is 1. The van der Waals surface area contributed by atoms with Crippen LogP contribution in [0.25, 0.3) is 0 Å². The normalized spacial score (nSPS) is 14.7. The maximum absolute atomic E-state index is 12.9. The number of carbonyl (C=O) groups is 3. The molecular weight excluding hydrogens is 480 g/mol. The number of ether oxygens (including phenoxy) is 1. The number of nitrogens with zero attached hydrogens (tertiary/aromatic N) is 1. The molecule has 0 spiro atoms. The van der Waals surface area contributed by atoms with Crippen LogP contribution in [0, 0.1) is 0 Å². The van der Waals surface area contributed by atoms with Crippen molar-refractivity contribution in [1.82, 2.24) is 4.31 Å². The zero-order chi connectivity index (χ0) is 24.6. The SMILES string of the molecule is O=C(COC(=O)CCC(=O)c1ccc(Cl)cc1)Nc1cccc(S(=O)(=O)N2CCCCCC2)c1. The minimum Gasteiger partial charge on any atom is -0.456 e. The average Bonchev–Trinajstić information content (AvgIpc) is 3.12. The van der Waals surface area contributed by atoms with Crippen molar-refractivity contribution in [3.63, 3.8) is 0 Å². The second-order valence-electron chi connectivity index (χ2n) is 7.99. The van der Waals surface area contributed by atoms with E-state index in [0.29, 0.717) is 23.7 Å². The van der Waals surface area contributed by atoms with Crippen molar-refractivity contribution in [2.75, 3.05) is 25.0 Å². The highest BCUT2D eigenvalue weighted by atomic mass is 35.5. The van der Waals surface area contributed by atoms with Crippen molar-refractivity contribution in [2.45, 2.75) is 43.4 Å². The molecule has 0 saturated carbocycles. The van der Waals surface area contributed by atoms with E-state index in [-0.39, 0.29) is 29.2 Å². The molecule has 10 heteroatoms. The van der Waals surface area contributed by atoms with Gasteiger partial charge in [-0.3, -0.25) is 14.4 Å². The Morgan fingerprint density at radius 2 is 1.62 bits per heavy atom. The zero-order valence-corrected chi connectivity index (χ0v) is 20.2. The van der Waals surface area contributed by atoms with Gasteiger partial charge in [0, 0.05) is 35.8 Å². The van der Waals surface area contributed by atoms with Crippen molar-refractivity contribution >= 4 is 45.0 Å². The predicted molar refractivity (Wildman–Crippen MR) is 128 cm³/mol. The molecule has 34 heavy (non-hydrogen) atoms. The van der Waals surface area contributed by atoms with Crippen LogP contribution in [-0.2, 0) is 24.3 Å². The smallest absolute Gasteiger partial charge is 0.306 e. The lowest BCUT2D eigenvalue weighted by Gasteiger charge is -2.20. The first-order chi connectivity index (χ1) is 16.3. The maximum Gasteiger partial charge on any atom is 0.306 e. The van der Waals surface area contributed by atoms with Crippen LogP contribution in [0.4, 0.5) is 5.69 Å². The highest BCUT2D eigenvalue weighted by Gasteiger charge is 2.25. The monoisotopic (exact) mass is 506 g/mol. The summed E-state index contributed by atoms with van der Waals surface area (Å²) in [6.07, 6.45) is 3.45. The van der Waals surface area contributed by atoms with Gasteiger partial charge >= 0.3 is 5.97 Å². The zero-order valence-electron chi connectivity index (χ0n) is 18.7. The van der Waals surface area contributed by atoms with E-state index in [4.69, 9.17) is 16.3 Å². The van der Waals surface area contributed by atoms with Crippen molar-refractivity contribution in [3.8, 4) is 0 Å². The topological polar surface area (TPSA) is 110 Å². The molecule has 2 aromatic carbocycles. The van der Waals surface area contributed by atoms with Crippen LogP contribution in [0.5, 0.6) is 0 Å². The Hall–Kier alpha value is -2.75. The average molecular weight is 507 g/mol. The van der Waals surface area contributed by atoms with Gasteiger partial charge in [0.05, 0.1) is 11.3 Å². The fraction of sp³-hybridized carbons (Fsp3) is 0.375. The van der Waals surface area contributed by atoms with Crippen LogP contribution in [0.3, 0.4) is 0 Å². The quantitative estimate of drug-likeness (QED) is 0.406. The molecule has 1 aliphatic rings. The molecule has 1 aliphatic heterocycles. The third-order valence-corrected chi connectivity index (χ3v) is 7.55. The van der Waals surface area contributed by atoms with Crippen molar-refractivity contribution in [3.05, 3.63) is 59.1 Å². The minimum absolute atomic E-state index is 0.0571. The molecular formula is C24H27ClN2O6S. The van der Waals surface area contributed by atoms with E-state index in [1.54, 1.807) is 36.4 Å². The summed E-state index contributed by atoms with van der Waals surface area (Å²) in [6.45, 7) is 0.419. The second-order valence-corrected chi connectivity index (χ2v) is 10.4. The van der Waals surface area contributed by atoms with Crippen LogP contribution in [0.15, 0.2) is 53.4 Å². The molecule has 1 heterocycles. The van der Waals surface area contributed by atoms with Gasteiger partial charge in [0.15, 0.2) is 12.4 Å². The summed E-state index contributed by atoms with van der Waals surface area (Å²) >= 11 is 5.79. The van der Waals surface area contributed by atoms with Crippen LogP contribution in [0.1, 0.15) is 48.9 Å². The van der Waals surface area contributed by atoms with Gasteiger partial charge < -0.3 is 10.1 Å². The lowest BCUT2D eigenvalue weighted by molar-refractivity contribution is -0.147. The molecule has 1 amide bonds. The molecule has 0 atom stereocenters. The number of halogens is 1. The predicted octanol–water partition coefficient (Wildman–Crippen LogP) is 4.05. The summed E-state index contributed by atoms with van der Waals surface area (Å²) in [5.41, 5.74) is 0.722. The Labute approximate surface area is 204 Å². The first-order valence-electron chi connectivity index (χ1n) is 11.1. The van der Waals surface area contributed by atoms with Gasteiger partial charge in [-0.25, -0.2) is 8.42 Å². The first kappa shape index (κ1) is 25.9. The molecule has 0 radical (unpaired) electrons. The van der Waals surface area contributed by atoms with Crippen LogP contribution in [-0.4, -0.2) is 50.1 Å². The van der Waals surface area contributed by atoms with Gasteiger partial charge in [-0.2, -0.15) is 4.31 Å². The second kappa shape index (κ2) is 12.1. The van der Waals surface area contributed by atoms with E-state index in [1.807, 2.05) is 0 Å². The Bertz CT molecular complexity index is 1130. The molecule has 1 saturated heterocycles.